The zero-order valence-corrected chi connectivity index (χ0v) is 16.2. The van der Waals surface area contributed by atoms with Crippen molar-refractivity contribution in [1.82, 2.24) is 0 Å². The predicted octanol–water partition coefficient (Wildman–Crippen LogP) is 5.76. The molecule has 0 spiro atoms. The average molecular weight is 350 g/mol. The van der Waals surface area contributed by atoms with Gasteiger partial charge in [-0.15, -0.1) is 0 Å². The highest BCUT2D eigenvalue weighted by molar-refractivity contribution is 5.83. The van der Waals surface area contributed by atoms with E-state index in [1.165, 1.54) is 11.1 Å². The molecule has 0 radical (unpaired) electrons. The minimum Gasteiger partial charge on any atom is -0.488 e. The molecule has 3 nitrogen and oxygen atoms in total. The summed E-state index contributed by atoms with van der Waals surface area (Å²) in [5.41, 5.74) is 3.94. The number of rotatable bonds is 4. The molecule has 0 aliphatic heterocycles. The van der Waals surface area contributed by atoms with E-state index in [4.69, 9.17) is 9.15 Å². The molecule has 0 aliphatic rings. The van der Waals surface area contributed by atoms with E-state index in [9.17, 15) is 4.79 Å². The first kappa shape index (κ1) is 18.2. The van der Waals surface area contributed by atoms with Crippen molar-refractivity contribution >= 4 is 11.0 Å². The third kappa shape index (κ3) is 3.82. The Kier molecular flexibility index (Phi) is 4.90. The molecule has 0 atom stereocenters. The van der Waals surface area contributed by atoms with E-state index in [0.29, 0.717) is 16.9 Å². The quantitative estimate of drug-likeness (QED) is 0.561. The summed E-state index contributed by atoms with van der Waals surface area (Å²) in [6.07, 6.45) is 1.86. The zero-order valence-electron chi connectivity index (χ0n) is 16.2. The van der Waals surface area contributed by atoms with Gasteiger partial charge in [0.1, 0.15) is 16.9 Å². The van der Waals surface area contributed by atoms with Crippen LogP contribution in [0.15, 0.2) is 51.7 Å². The normalized spacial score (nSPS) is 11.7. The fourth-order valence-electron chi connectivity index (χ4n) is 3.12. The van der Waals surface area contributed by atoms with Crippen molar-refractivity contribution in [2.75, 3.05) is 0 Å². The summed E-state index contributed by atoms with van der Waals surface area (Å²) in [6.45, 7) is 10.2. The minimum atomic E-state index is -0.315. The molecule has 3 rings (SSSR count). The Morgan fingerprint density at radius 3 is 2.35 bits per heavy atom. The van der Waals surface area contributed by atoms with Gasteiger partial charge in [0.05, 0.1) is 5.56 Å². The first-order chi connectivity index (χ1) is 12.3. The summed E-state index contributed by atoms with van der Waals surface area (Å²) in [5, 5.41) is 0.891. The van der Waals surface area contributed by atoms with E-state index in [2.05, 4.69) is 26.0 Å². The molecule has 3 aromatic rings. The van der Waals surface area contributed by atoms with Crippen LogP contribution in [0.1, 0.15) is 45.7 Å². The van der Waals surface area contributed by atoms with Gasteiger partial charge in [0.2, 0.25) is 0 Å². The van der Waals surface area contributed by atoms with Crippen LogP contribution in [-0.4, -0.2) is 5.60 Å². The van der Waals surface area contributed by atoms with Crippen molar-refractivity contribution in [3.05, 3.63) is 64.0 Å². The molecule has 0 N–H and O–H groups in total. The third-order valence-electron chi connectivity index (χ3n) is 4.38. The SMILES string of the molecule is CCc1ccc(-c2cc3ccc(OC(C)(C)C)cc3oc2=O)c(CC)c1. The first-order valence-corrected chi connectivity index (χ1v) is 9.20. The molecule has 1 aromatic heterocycles. The number of hydrogen-bond donors (Lipinski definition) is 0. The number of aryl methyl sites for hydroxylation is 2. The van der Waals surface area contributed by atoms with Gasteiger partial charge >= 0.3 is 5.63 Å². The van der Waals surface area contributed by atoms with Gasteiger partial charge in [-0.1, -0.05) is 32.0 Å². The summed E-state index contributed by atoms with van der Waals surface area (Å²) < 4.78 is 11.5. The molecule has 0 bridgehead atoms. The highest BCUT2D eigenvalue weighted by Crippen LogP contribution is 2.28. The molecular formula is C23H26O3. The summed E-state index contributed by atoms with van der Waals surface area (Å²) in [7, 11) is 0. The van der Waals surface area contributed by atoms with E-state index < -0.39 is 0 Å². The van der Waals surface area contributed by atoms with E-state index in [-0.39, 0.29) is 11.2 Å². The van der Waals surface area contributed by atoms with Gasteiger partial charge in [0.15, 0.2) is 0 Å². The lowest BCUT2D eigenvalue weighted by Gasteiger charge is -2.21. The van der Waals surface area contributed by atoms with Crippen LogP contribution in [0.3, 0.4) is 0 Å². The van der Waals surface area contributed by atoms with Crippen LogP contribution in [0.5, 0.6) is 5.75 Å². The average Bonchev–Trinajstić information content (AvgIpc) is 2.59. The smallest absolute Gasteiger partial charge is 0.344 e. The van der Waals surface area contributed by atoms with Crippen molar-refractivity contribution < 1.29 is 9.15 Å². The van der Waals surface area contributed by atoms with Gasteiger partial charge in [-0.2, -0.15) is 0 Å². The van der Waals surface area contributed by atoms with E-state index in [1.807, 2.05) is 45.0 Å². The number of hydrogen-bond acceptors (Lipinski definition) is 3. The van der Waals surface area contributed by atoms with Crippen LogP contribution in [0.4, 0.5) is 0 Å². The molecular weight excluding hydrogens is 324 g/mol. The number of ether oxygens (including phenoxy) is 1. The second-order valence-corrected chi connectivity index (χ2v) is 7.56. The Bertz CT molecular complexity index is 990. The molecule has 0 saturated heterocycles. The van der Waals surface area contributed by atoms with E-state index in [1.54, 1.807) is 6.07 Å². The van der Waals surface area contributed by atoms with Crippen molar-refractivity contribution in [2.45, 2.75) is 53.1 Å². The van der Waals surface area contributed by atoms with Crippen molar-refractivity contribution in [2.24, 2.45) is 0 Å². The maximum absolute atomic E-state index is 12.6. The van der Waals surface area contributed by atoms with Gasteiger partial charge in [0, 0.05) is 11.5 Å². The van der Waals surface area contributed by atoms with Crippen LogP contribution in [-0.2, 0) is 12.8 Å². The Morgan fingerprint density at radius 1 is 0.923 bits per heavy atom. The minimum absolute atomic E-state index is 0.301. The molecule has 0 fully saturated rings. The Labute approximate surface area is 154 Å². The predicted molar refractivity (Wildman–Crippen MR) is 107 cm³/mol. The topological polar surface area (TPSA) is 39.4 Å². The Morgan fingerprint density at radius 2 is 1.69 bits per heavy atom. The Balaban J connectivity index is 2.10. The van der Waals surface area contributed by atoms with E-state index in [0.717, 1.165) is 23.8 Å². The first-order valence-electron chi connectivity index (χ1n) is 9.20. The van der Waals surface area contributed by atoms with Gasteiger partial charge in [0.25, 0.3) is 0 Å². The number of fused-ring (bicyclic) bond motifs is 1. The zero-order chi connectivity index (χ0) is 18.9. The Hall–Kier alpha value is -2.55. The summed E-state index contributed by atoms with van der Waals surface area (Å²) >= 11 is 0. The molecule has 0 amide bonds. The molecule has 0 unspecified atom stereocenters. The van der Waals surface area contributed by atoms with Gasteiger partial charge in [-0.25, -0.2) is 4.79 Å². The van der Waals surface area contributed by atoms with Crippen LogP contribution >= 0.6 is 0 Å². The summed E-state index contributed by atoms with van der Waals surface area (Å²) in [4.78, 5) is 12.6. The van der Waals surface area contributed by atoms with Gasteiger partial charge < -0.3 is 9.15 Å². The standard InChI is InChI=1S/C23H26O3/c1-6-15-8-11-19(16(7-2)12-15)20-13-17-9-10-18(26-23(3,4)5)14-21(17)25-22(20)24/h8-14H,6-7H2,1-5H3. The van der Waals surface area contributed by atoms with Crippen molar-refractivity contribution in [1.29, 1.82) is 0 Å². The molecule has 0 aliphatic carbocycles. The van der Waals surface area contributed by atoms with Crippen LogP contribution in [0, 0.1) is 0 Å². The van der Waals surface area contributed by atoms with Crippen molar-refractivity contribution in [3.63, 3.8) is 0 Å². The monoisotopic (exact) mass is 350 g/mol. The van der Waals surface area contributed by atoms with Crippen LogP contribution in [0.25, 0.3) is 22.1 Å². The van der Waals surface area contributed by atoms with Crippen molar-refractivity contribution in [3.8, 4) is 16.9 Å². The molecule has 136 valence electrons. The largest absolute Gasteiger partial charge is 0.488 e. The lowest BCUT2D eigenvalue weighted by molar-refractivity contribution is 0.131. The highest BCUT2D eigenvalue weighted by atomic mass is 16.5. The third-order valence-corrected chi connectivity index (χ3v) is 4.38. The van der Waals surface area contributed by atoms with E-state index >= 15 is 0 Å². The maximum atomic E-state index is 12.6. The molecule has 2 aromatic carbocycles. The summed E-state index contributed by atoms with van der Waals surface area (Å²) in [6, 6.07) is 13.9. The highest BCUT2D eigenvalue weighted by Gasteiger charge is 2.15. The molecule has 26 heavy (non-hydrogen) atoms. The lowest BCUT2D eigenvalue weighted by Crippen LogP contribution is -2.22. The van der Waals surface area contributed by atoms with Crippen LogP contribution in [0.2, 0.25) is 0 Å². The lowest BCUT2D eigenvalue weighted by atomic mass is 9.95. The fraction of sp³-hybridized carbons (Fsp3) is 0.348. The fourth-order valence-corrected chi connectivity index (χ4v) is 3.12. The van der Waals surface area contributed by atoms with Crippen LogP contribution < -0.4 is 10.4 Å². The number of benzene rings is 2. The molecule has 1 heterocycles. The molecule has 0 saturated carbocycles. The van der Waals surface area contributed by atoms with Gasteiger partial charge in [-0.05, 0) is 68.5 Å². The van der Waals surface area contributed by atoms with Gasteiger partial charge in [-0.3, -0.25) is 0 Å². The second-order valence-electron chi connectivity index (χ2n) is 7.56. The molecule has 3 heteroatoms. The summed E-state index contributed by atoms with van der Waals surface area (Å²) in [5.74, 6) is 0.697. The second kappa shape index (κ2) is 6.99. The maximum Gasteiger partial charge on any atom is 0.344 e.